The Morgan fingerprint density at radius 3 is 2.35 bits per heavy atom. The lowest BCUT2D eigenvalue weighted by atomic mass is 9.95. The smallest absolute Gasteiger partial charge is 0.168 e. The number of rotatable bonds is 4. The zero-order chi connectivity index (χ0) is 14.9. The molecule has 0 fully saturated rings. The van der Waals surface area contributed by atoms with Gasteiger partial charge in [-0.25, -0.2) is 4.39 Å². The van der Waals surface area contributed by atoms with E-state index in [2.05, 4.69) is 10.2 Å². The van der Waals surface area contributed by atoms with Gasteiger partial charge in [0.2, 0.25) is 0 Å². The number of halogens is 1. The number of aromatic amines is 1. The second kappa shape index (κ2) is 5.03. The average molecular weight is 279 g/mol. The summed E-state index contributed by atoms with van der Waals surface area (Å²) in [6.07, 6.45) is 1.57. The molecule has 1 heterocycles. The first-order valence-electron chi connectivity index (χ1n) is 6.13. The van der Waals surface area contributed by atoms with Gasteiger partial charge in [-0.2, -0.15) is 5.10 Å². The number of methoxy groups -OCH3 is 2. The van der Waals surface area contributed by atoms with Gasteiger partial charge in [0.05, 0.1) is 20.4 Å². The van der Waals surface area contributed by atoms with Crippen LogP contribution < -0.4 is 15.2 Å². The second-order valence-electron chi connectivity index (χ2n) is 4.93. The van der Waals surface area contributed by atoms with Crippen molar-refractivity contribution in [1.29, 1.82) is 0 Å². The number of alkyl halides is 1. The van der Waals surface area contributed by atoms with Crippen molar-refractivity contribution in [1.82, 2.24) is 10.2 Å². The summed E-state index contributed by atoms with van der Waals surface area (Å²) in [4.78, 5) is 0. The lowest BCUT2D eigenvalue weighted by molar-refractivity contribution is 0.220. The van der Waals surface area contributed by atoms with Crippen molar-refractivity contribution in [3.63, 3.8) is 0 Å². The Hall–Kier alpha value is -2.24. The van der Waals surface area contributed by atoms with Crippen LogP contribution in [0.15, 0.2) is 18.3 Å². The molecule has 0 spiro atoms. The molecule has 0 bridgehead atoms. The van der Waals surface area contributed by atoms with Gasteiger partial charge in [0, 0.05) is 11.1 Å². The third-order valence-corrected chi connectivity index (χ3v) is 3.12. The van der Waals surface area contributed by atoms with Crippen LogP contribution in [0.4, 0.5) is 10.2 Å². The fraction of sp³-hybridized carbons (Fsp3) is 0.357. The van der Waals surface area contributed by atoms with Crippen molar-refractivity contribution >= 4 is 5.82 Å². The number of hydrogen-bond donors (Lipinski definition) is 2. The van der Waals surface area contributed by atoms with E-state index in [-0.39, 0.29) is 0 Å². The molecule has 0 atom stereocenters. The minimum absolute atomic E-state index is 0.388. The molecule has 108 valence electrons. The number of nitrogens with one attached hydrogen (secondary N) is 1. The molecule has 0 amide bonds. The van der Waals surface area contributed by atoms with Crippen molar-refractivity contribution in [3.05, 3.63) is 23.9 Å². The standard InChI is InChI=1S/C14H18FN3O2/c1-14(2,15)8-5-9(10-7-17-18-13(10)16)12(20-4)11(6-8)19-3/h5-7H,1-4H3,(H3,16,17,18). The van der Waals surface area contributed by atoms with E-state index >= 15 is 0 Å². The van der Waals surface area contributed by atoms with Crippen molar-refractivity contribution in [2.45, 2.75) is 19.5 Å². The molecule has 0 aliphatic rings. The van der Waals surface area contributed by atoms with Gasteiger partial charge in [0.15, 0.2) is 11.5 Å². The van der Waals surface area contributed by atoms with Crippen LogP contribution in [0.1, 0.15) is 19.4 Å². The van der Waals surface area contributed by atoms with Crippen molar-refractivity contribution in [3.8, 4) is 22.6 Å². The van der Waals surface area contributed by atoms with Crippen molar-refractivity contribution < 1.29 is 13.9 Å². The minimum atomic E-state index is -1.51. The second-order valence-corrected chi connectivity index (χ2v) is 4.93. The lowest BCUT2D eigenvalue weighted by Crippen LogP contribution is -2.10. The maximum atomic E-state index is 14.2. The molecule has 5 nitrogen and oxygen atoms in total. The Morgan fingerprint density at radius 1 is 1.20 bits per heavy atom. The average Bonchev–Trinajstić information content (AvgIpc) is 2.82. The largest absolute Gasteiger partial charge is 0.493 e. The molecule has 0 radical (unpaired) electrons. The fourth-order valence-electron chi connectivity index (χ4n) is 2.02. The van der Waals surface area contributed by atoms with Gasteiger partial charge in [0.1, 0.15) is 11.5 Å². The van der Waals surface area contributed by atoms with Crippen LogP contribution in [0, 0.1) is 0 Å². The highest BCUT2D eigenvalue weighted by molar-refractivity contribution is 5.81. The molecule has 0 unspecified atom stereocenters. The molecule has 3 N–H and O–H groups in total. The molecule has 2 aromatic rings. The van der Waals surface area contributed by atoms with E-state index in [0.29, 0.717) is 34.0 Å². The Balaban J connectivity index is 2.74. The van der Waals surface area contributed by atoms with Crippen LogP contribution in [0.3, 0.4) is 0 Å². The summed E-state index contributed by atoms with van der Waals surface area (Å²) in [5.41, 5.74) is 6.09. The number of benzene rings is 1. The summed E-state index contributed by atoms with van der Waals surface area (Å²) in [5.74, 6) is 1.33. The Bertz CT molecular complexity index is 617. The van der Waals surface area contributed by atoms with Crippen LogP contribution in [-0.2, 0) is 5.67 Å². The molecular formula is C14H18FN3O2. The number of hydrogen-bond acceptors (Lipinski definition) is 4. The number of anilines is 1. The van der Waals surface area contributed by atoms with Gasteiger partial charge in [-0.15, -0.1) is 0 Å². The predicted molar refractivity (Wildman–Crippen MR) is 75.7 cm³/mol. The number of nitrogen functional groups attached to an aromatic ring is 1. The van der Waals surface area contributed by atoms with E-state index in [1.165, 1.54) is 28.1 Å². The maximum Gasteiger partial charge on any atom is 0.168 e. The van der Waals surface area contributed by atoms with E-state index in [1.807, 2.05) is 0 Å². The molecule has 0 aliphatic carbocycles. The van der Waals surface area contributed by atoms with Gasteiger partial charge in [0.25, 0.3) is 0 Å². The van der Waals surface area contributed by atoms with Crippen molar-refractivity contribution in [2.75, 3.05) is 20.0 Å². The summed E-state index contributed by atoms with van der Waals surface area (Å²) in [7, 11) is 3.03. The van der Waals surface area contributed by atoms with Crippen LogP contribution >= 0.6 is 0 Å². The minimum Gasteiger partial charge on any atom is -0.493 e. The first-order valence-corrected chi connectivity index (χ1v) is 6.13. The number of nitrogens with zero attached hydrogens (tertiary/aromatic N) is 1. The first-order chi connectivity index (χ1) is 9.38. The Labute approximate surface area is 116 Å². The molecule has 6 heteroatoms. The van der Waals surface area contributed by atoms with Crippen LogP contribution in [-0.4, -0.2) is 24.4 Å². The highest BCUT2D eigenvalue weighted by Crippen LogP contribution is 2.43. The third-order valence-electron chi connectivity index (χ3n) is 3.12. The third kappa shape index (κ3) is 2.41. The summed E-state index contributed by atoms with van der Waals surface area (Å²) in [6, 6.07) is 3.32. The first kappa shape index (κ1) is 14.2. The number of ether oxygens (including phenoxy) is 2. The topological polar surface area (TPSA) is 73.2 Å². The van der Waals surface area contributed by atoms with E-state index in [0.717, 1.165) is 0 Å². The van der Waals surface area contributed by atoms with Crippen LogP contribution in [0.2, 0.25) is 0 Å². The highest BCUT2D eigenvalue weighted by Gasteiger charge is 2.25. The summed E-state index contributed by atoms with van der Waals surface area (Å²) >= 11 is 0. The van der Waals surface area contributed by atoms with Gasteiger partial charge >= 0.3 is 0 Å². The molecule has 0 saturated carbocycles. The van der Waals surface area contributed by atoms with Crippen LogP contribution in [0.5, 0.6) is 11.5 Å². The summed E-state index contributed by atoms with van der Waals surface area (Å²) in [5, 5.41) is 6.53. The fourth-order valence-corrected chi connectivity index (χ4v) is 2.02. The molecule has 1 aromatic carbocycles. The normalized spacial score (nSPS) is 11.4. The molecular weight excluding hydrogens is 261 g/mol. The molecule has 1 aromatic heterocycles. The van der Waals surface area contributed by atoms with E-state index in [9.17, 15) is 4.39 Å². The molecule has 2 rings (SSSR count). The van der Waals surface area contributed by atoms with Gasteiger partial charge in [-0.05, 0) is 31.5 Å². The summed E-state index contributed by atoms with van der Waals surface area (Å²) < 4.78 is 24.9. The molecule has 0 saturated heterocycles. The molecule has 20 heavy (non-hydrogen) atoms. The predicted octanol–water partition coefficient (Wildman–Crippen LogP) is 2.88. The Kier molecular flexibility index (Phi) is 3.57. The van der Waals surface area contributed by atoms with E-state index in [1.54, 1.807) is 18.3 Å². The zero-order valence-electron chi connectivity index (χ0n) is 12.0. The SMILES string of the molecule is COc1cc(C(C)(C)F)cc(-c2cn[nH]c2N)c1OC. The van der Waals surface area contributed by atoms with Gasteiger partial charge in [-0.3, -0.25) is 5.10 Å². The monoisotopic (exact) mass is 279 g/mol. The zero-order valence-corrected chi connectivity index (χ0v) is 12.0. The quantitative estimate of drug-likeness (QED) is 0.902. The molecule has 0 aliphatic heterocycles. The van der Waals surface area contributed by atoms with E-state index in [4.69, 9.17) is 15.2 Å². The van der Waals surface area contributed by atoms with Crippen molar-refractivity contribution in [2.24, 2.45) is 0 Å². The van der Waals surface area contributed by atoms with Gasteiger partial charge in [-0.1, -0.05) is 0 Å². The number of nitrogens with two attached hydrogens (primary N) is 1. The Morgan fingerprint density at radius 2 is 1.90 bits per heavy atom. The lowest BCUT2D eigenvalue weighted by Gasteiger charge is -2.20. The highest BCUT2D eigenvalue weighted by atomic mass is 19.1. The maximum absolute atomic E-state index is 14.2. The van der Waals surface area contributed by atoms with Gasteiger partial charge < -0.3 is 15.2 Å². The van der Waals surface area contributed by atoms with Crippen LogP contribution in [0.25, 0.3) is 11.1 Å². The number of aromatic nitrogens is 2. The summed E-state index contributed by atoms with van der Waals surface area (Å²) in [6.45, 7) is 2.97. The number of H-pyrrole nitrogens is 1. The van der Waals surface area contributed by atoms with E-state index < -0.39 is 5.67 Å².